The molecule has 0 aromatic carbocycles. The van der Waals surface area contributed by atoms with Crippen LogP contribution in [-0.2, 0) is 9.53 Å². The Bertz CT molecular complexity index is 606. The monoisotopic (exact) mass is 369 g/mol. The highest BCUT2D eigenvalue weighted by Gasteiger charge is 2.38. The summed E-state index contributed by atoms with van der Waals surface area (Å²) in [6.07, 6.45) is 1.69. The SMILES string of the molecule is CC(N)COC1CCN(C2CCN(c3ncc(C(F)F)cn3)CC2)C1=O. The van der Waals surface area contributed by atoms with Gasteiger partial charge in [0.15, 0.2) is 0 Å². The van der Waals surface area contributed by atoms with Gasteiger partial charge in [-0.3, -0.25) is 4.79 Å². The van der Waals surface area contributed by atoms with Gasteiger partial charge in [-0.15, -0.1) is 0 Å². The molecule has 7 nitrogen and oxygen atoms in total. The molecule has 2 saturated heterocycles. The molecular weight excluding hydrogens is 344 g/mol. The number of likely N-dealkylation sites (tertiary alicyclic amines) is 1. The summed E-state index contributed by atoms with van der Waals surface area (Å²) in [6.45, 7) is 4.31. The standard InChI is InChI=1S/C17H25F2N5O2/c1-11(20)10-26-14-4-7-24(16(14)25)13-2-5-23(6-3-13)17-21-8-12(9-22-17)15(18)19/h8-9,11,13-15H,2-7,10,20H2,1H3. The van der Waals surface area contributed by atoms with Crippen LogP contribution in [-0.4, -0.2) is 65.2 Å². The van der Waals surface area contributed by atoms with Gasteiger partial charge in [0, 0.05) is 50.5 Å². The van der Waals surface area contributed by atoms with E-state index >= 15 is 0 Å². The van der Waals surface area contributed by atoms with E-state index in [1.165, 1.54) is 12.4 Å². The molecule has 1 amide bonds. The number of piperidine rings is 1. The number of anilines is 1. The zero-order valence-electron chi connectivity index (χ0n) is 14.9. The van der Waals surface area contributed by atoms with Crippen LogP contribution in [0.1, 0.15) is 38.2 Å². The fourth-order valence-electron chi connectivity index (χ4n) is 3.44. The minimum atomic E-state index is -2.56. The number of carbonyl (C=O) groups is 1. The molecule has 1 aromatic heterocycles. The number of amides is 1. The molecule has 2 aliphatic heterocycles. The van der Waals surface area contributed by atoms with E-state index in [4.69, 9.17) is 10.5 Å². The van der Waals surface area contributed by atoms with Gasteiger partial charge in [0.1, 0.15) is 6.10 Å². The molecule has 0 aliphatic carbocycles. The fourth-order valence-corrected chi connectivity index (χ4v) is 3.44. The average molecular weight is 369 g/mol. The van der Waals surface area contributed by atoms with Crippen LogP contribution in [0, 0.1) is 0 Å². The Balaban J connectivity index is 1.51. The zero-order chi connectivity index (χ0) is 18.7. The minimum Gasteiger partial charge on any atom is -0.367 e. The van der Waals surface area contributed by atoms with Crippen LogP contribution >= 0.6 is 0 Å². The van der Waals surface area contributed by atoms with Crippen LogP contribution in [0.4, 0.5) is 14.7 Å². The van der Waals surface area contributed by atoms with E-state index in [2.05, 4.69) is 9.97 Å². The summed E-state index contributed by atoms with van der Waals surface area (Å²) >= 11 is 0. The number of halogens is 2. The van der Waals surface area contributed by atoms with Crippen LogP contribution in [0.5, 0.6) is 0 Å². The maximum absolute atomic E-state index is 12.6. The lowest BCUT2D eigenvalue weighted by Crippen LogP contribution is -2.47. The van der Waals surface area contributed by atoms with Crippen LogP contribution in [0.2, 0.25) is 0 Å². The van der Waals surface area contributed by atoms with Crippen LogP contribution in [0.15, 0.2) is 12.4 Å². The van der Waals surface area contributed by atoms with Crippen molar-refractivity contribution in [2.75, 3.05) is 31.1 Å². The molecular formula is C17H25F2N5O2. The summed E-state index contributed by atoms with van der Waals surface area (Å²) in [4.78, 5) is 24.5. The van der Waals surface area contributed by atoms with Crippen molar-refractivity contribution in [3.63, 3.8) is 0 Å². The first-order valence-electron chi connectivity index (χ1n) is 8.98. The van der Waals surface area contributed by atoms with Gasteiger partial charge in [-0.05, 0) is 19.8 Å². The van der Waals surface area contributed by atoms with E-state index in [-0.39, 0.29) is 29.7 Å². The van der Waals surface area contributed by atoms with Crippen LogP contribution in [0.3, 0.4) is 0 Å². The highest BCUT2D eigenvalue weighted by Crippen LogP contribution is 2.26. The second kappa shape index (κ2) is 8.22. The minimum absolute atomic E-state index is 0.0432. The molecule has 3 heterocycles. The number of rotatable bonds is 6. The maximum Gasteiger partial charge on any atom is 0.266 e. The van der Waals surface area contributed by atoms with E-state index in [1.54, 1.807) is 0 Å². The van der Waals surface area contributed by atoms with E-state index < -0.39 is 6.43 Å². The quantitative estimate of drug-likeness (QED) is 0.815. The van der Waals surface area contributed by atoms with E-state index in [1.807, 2.05) is 16.7 Å². The molecule has 0 radical (unpaired) electrons. The highest BCUT2D eigenvalue weighted by molar-refractivity contribution is 5.83. The summed E-state index contributed by atoms with van der Waals surface area (Å²) in [5.74, 6) is 0.500. The van der Waals surface area contributed by atoms with E-state index in [0.29, 0.717) is 38.6 Å². The molecule has 0 spiro atoms. The molecule has 144 valence electrons. The summed E-state index contributed by atoms with van der Waals surface area (Å²) in [6, 6.07) is 0.0829. The van der Waals surface area contributed by atoms with Crippen molar-refractivity contribution in [1.29, 1.82) is 0 Å². The summed E-state index contributed by atoms with van der Waals surface area (Å²) in [5, 5.41) is 0. The molecule has 2 aliphatic rings. The van der Waals surface area contributed by atoms with Gasteiger partial charge in [-0.1, -0.05) is 0 Å². The van der Waals surface area contributed by atoms with Crippen molar-refractivity contribution in [3.8, 4) is 0 Å². The molecule has 1 aromatic rings. The van der Waals surface area contributed by atoms with Gasteiger partial charge < -0.3 is 20.3 Å². The Labute approximate surface area is 151 Å². The second-order valence-electron chi connectivity index (χ2n) is 6.95. The van der Waals surface area contributed by atoms with Gasteiger partial charge in [0.2, 0.25) is 5.95 Å². The van der Waals surface area contributed by atoms with Crippen molar-refractivity contribution in [2.24, 2.45) is 5.73 Å². The topological polar surface area (TPSA) is 84.6 Å². The van der Waals surface area contributed by atoms with Gasteiger partial charge >= 0.3 is 0 Å². The predicted molar refractivity (Wildman–Crippen MR) is 91.9 cm³/mol. The predicted octanol–water partition coefficient (Wildman–Crippen LogP) is 1.35. The van der Waals surface area contributed by atoms with Crippen LogP contribution < -0.4 is 10.6 Å². The fraction of sp³-hybridized carbons (Fsp3) is 0.706. The largest absolute Gasteiger partial charge is 0.367 e. The first-order valence-corrected chi connectivity index (χ1v) is 8.98. The van der Waals surface area contributed by atoms with Crippen molar-refractivity contribution >= 4 is 11.9 Å². The molecule has 0 saturated carbocycles. The molecule has 0 bridgehead atoms. The first-order chi connectivity index (χ1) is 12.5. The smallest absolute Gasteiger partial charge is 0.266 e. The zero-order valence-corrected chi connectivity index (χ0v) is 14.9. The number of hydrogen-bond acceptors (Lipinski definition) is 6. The molecule has 3 rings (SSSR count). The number of carbonyl (C=O) groups excluding carboxylic acids is 1. The first kappa shape index (κ1) is 18.9. The number of aromatic nitrogens is 2. The lowest BCUT2D eigenvalue weighted by atomic mass is 10.0. The van der Waals surface area contributed by atoms with Crippen LogP contribution in [0.25, 0.3) is 0 Å². The summed E-state index contributed by atoms with van der Waals surface area (Å²) < 4.78 is 30.8. The lowest BCUT2D eigenvalue weighted by molar-refractivity contribution is -0.139. The summed E-state index contributed by atoms with van der Waals surface area (Å²) in [5.41, 5.74) is 5.50. The van der Waals surface area contributed by atoms with E-state index in [0.717, 1.165) is 12.8 Å². The van der Waals surface area contributed by atoms with Gasteiger partial charge in [-0.25, -0.2) is 18.7 Å². The third-order valence-electron chi connectivity index (χ3n) is 4.85. The second-order valence-corrected chi connectivity index (χ2v) is 6.95. The van der Waals surface area contributed by atoms with Crippen molar-refractivity contribution in [1.82, 2.24) is 14.9 Å². The normalized spacial score (nSPS) is 23.1. The van der Waals surface area contributed by atoms with Crippen molar-refractivity contribution in [3.05, 3.63) is 18.0 Å². The Hall–Kier alpha value is -1.87. The Kier molecular flexibility index (Phi) is 5.98. The van der Waals surface area contributed by atoms with Crippen molar-refractivity contribution in [2.45, 2.75) is 50.8 Å². The Morgan fingerprint density at radius 1 is 1.23 bits per heavy atom. The number of nitrogens with zero attached hydrogens (tertiary/aromatic N) is 4. The van der Waals surface area contributed by atoms with Gasteiger partial charge in [-0.2, -0.15) is 0 Å². The number of alkyl halides is 2. The van der Waals surface area contributed by atoms with E-state index in [9.17, 15) is 13.6 Å². The molecule has 26 heavy (non-hydrogen) atoms. The number of ether oxygens (including phenoxy) is 1. The third kappa shape index (κ3) is 4.27. The Morgan fingerprint density at radius 3 is 2.46 bits per heavy atom. The molecule has 2 fully saturated rings. The molecule has 9 heteroatoms. The number of hydrogen-bond donors (Lipinski definition) is 1. The average Bonchev–Trinajstić information content (AvgIpc) is 3.01. The molecule has 2 N–H and O–H groups in total. The Morgan fingerprint density at radius 2 is 1.88 bits per heavy atom. The lowest BCUT2D eigenvalue weighted by Gasteiger charge is -2.36. The molecule has 2 atom stereocenters. The summed E-state index contributed by atoms with van der Waals surface area (Å²) in [7, 11) is 0. The number of nitrogens with two attached hydrogens (primary N) is 1. The van der Waals surface area contributed by atoms with Gasteiger partial charge in [0.25, 0.3) is 12.3 Å². The van der Waals surface area contributed by atoms with Gasteiger partial charge in [0.05, 0.1) is 12.2 Å². The maximum atomic E-state index is 12.6. The van der Waals surface area contributed by atoms with Crippen molar-refractivity contribution < 1.29 is 18.3 Å². The third-order valence-corrected chi connectivity index (χ3v) is 4.85. The highest BCUT2D eigenvalue weighted by atomic mass is 19.3. The molecule has 2 unspecified atom stereocenters.